The van der Waals surface area contributed by atoms with Crippen LogP contribution < -0.4 is 11.1 Å². The molecule has 1 unspecified atom stereocenters. The predicted octanol–water partition coefficient (Wildman–Crippen LogP) is 1.28. The smallest absolute Gasteiger partial charge is 0.223 e. The number of hydrogen-bond donors (Lipinski definition) is 2. The van der Waals surface area contributed by atoms with Crippen molar-refractivity contribution in [1.29, 1.82) is 0 Å². The van der Waals surface area contributed by atoms with E-state index in [1.165, 1.54) is 0 Å². The maximum atomic E-state index is 11.6. The van der Waals surface area contributed by atoms with Gasteiger partial charge in [0.2, 0.25) is 5.91 Å². The van der Waals surface area contributed by atoms with E-state index >= 15 is 0 Å². The summed E-state index contributed by atoms with van der Waals surface area (Å²) in [6, 6.07) is 0.398. The average Bonchev–Trinajstić information content (AvgIpc) is 2.10. The third-order valence-corrected chi connectivity index (χ3v) is 3.08. The van der Waals surface area contributed by atoms with Gasteiger partial charge in [-0.2, -0.15) is 0 Å². The molecule has 82 valence electrons. The molecule has 1 aliphatic rings. The molecule has 1 atom stereocenters. The molecule has 0 bridgehead atoms. The van der Waals surface area contributed by atoms with E-state index in [1.807, 2.05) is 6.92 Å². The first kappa shape index (κ1) is 11.5. The Balaban J connectivity index is 2.15. The fourth-order valence-corrected chi connectivity index (χ4v) is 1.95. The van der Waals surface area contributed by atoms with Crippen LogP contribution in [-0.4, -0.2) is 18.5 Å². The monoisotopic (exact) mass is 198 g/mol. The van der Waals surface area contributed by atoms with Crippen molar-refractivity contribution in [2.75, 3.05) is 6.54 Å². The van der Waals surface area contributed by atoms with Crippen molar-refractivity contribution < 1.29 is 4.79 Å². The van der Waals surface area contributed by atoms with Gasteiger partial charge >= 0.3 is 0 Å². The quantitative estimate of drug-likeness (QED) is 0.699. The van der Waals surface area contributed by atoms with E-state index in [0.717, 1.165) is 32.2 Å². The molecule has 3 N–H and O–H groups in total. The third kappa shape index (κ3) is 2.98. The second-order valence-electron chi connectivity index (χ2n) is 4.47. The highest BCUT2D eigenvalue weighted by molar-refractivity contribution is 5.78. The van der Waals surface area contributed by atoms with Crippen LogP contribution in [0.25, 0.3) is 0 Å². The van der Waals surface area contributed by atoms with E-state index in [9.17, 15) is 4.79 Å². The lowest BCUT2D eigenvalue weighted by Crippen LogP contribution is -2.47. The van der Waals surface area contributed by atoms with E-state index in [2.05, 4.69) is 12.2 Å². The molecule has 0 saturated heterocycles. The lowest BCUT2D eigenvalue weighted by molar-refractivity contribution is -0.126. The molecule has 0 aliphatic heterocycles. The first-order valence-corrected chi connectivity index (χ1v) is 5.67. The summed E-state index contributed by atoms with van der Waals surface area (Å²) in [5.41, 5.74) is 5.52. The summed E-state index contributed by atoms with van der Waals surface area (Å²) in [4.78, 5) is 11.6. The van der Waals surface area contributed by atoms with Gasteiger partial charge in [-0.05, 0) is 31.7 Å². The van der Waals surface area contributed by atoms with Crippen molar-refractivity contribution in [3.8, 4) is 0 Å². The van der Waals surface area contributed by atoms with Crippen LogP contribution in [0.15, 0.2) is 0 Å². The molecule has 1 aliphatic carbocycles. The minimum absolute atomic E-state index is 0.164. The topological polar surface area (TPSA) is 55.1 Å². The lowest BCUT2D eigenvalue weighted by atomic mass is 9.80. The van der Waals surface area contributed by atoms with Gasteiger partial charge in [0, 0.05) is 12.0 Å². The zero-order valence-corrected chi connectivity index (χ0v) is 9.25. The molecule has 0 aromatic carbocycles. The molecule has 0 aromatic heterocycles. The Morgan fingerprint density at radius 3 is 2.71 bits per heavy atom. The van der Waals surface area contributed by atoms with Crippen molar-refractivity contribution in [1.82, 2.24) is 5.32 Å². The molecule has 3 nitrogen and oxygen atoms in total. The van der Waals surface area contributed by atoms with Crippen LogP contribution in [0.5, 0.6) is 0 Å². The molecule has 1 amide bonds. The molecule has 1 rings (SSSR count). The van der Waals surface area contributed by atoms with E-state index in [-0.39, 0.29) is 11.8 Å². The van der Waals surface area contributed by atoms with E-state index in [0.29, 0.717) is 12.0 Å². The largest absolute Gasteiger partial charge is 0.353 e. The third-order valence-electron chi connectivity index (χ3n) is 3.08. The Morgan fingerprint density at radius 2 is 2.21 bits per heavy atom. The zero-order chi connectivity index (χ0) is 10.6. The predicted molar refractivity (Wildman–Crippen MR) is 57.8 cm³/mol. The number of carbonyl (C=O) groups is 1. The molecule has 3 heteroatoms. The first-order valence-electron chi connectivity index (χ1n) is 5.67. The van der Waals surface area contributed by atoms with Gasteiger partial charge in [-0.3, -0.25) is 4.79 Å². The summed E-state index contributed by atoms with van der Waals surface area (Å²) in [7, 11) is 0. The summed E-state index contributed by atoms with van der Waals surface area (Å²) < 4.78 is 0. The summed E-state index contributed by atoms with van der Waals surface area (Å²) in [6.07, 6.45) is 4.20. The summed E-state index contributed by atoms with van der Waals surface area (Å²) in [5, 5.41) is 3.07. The standard InChI is InChI=1S/C11H22N2O/c1-3-4-8(2)11(14)13-10-5-9(6-10)7-12/h8-10H,3-7,12H2,1-2H3,(H,13,14). The minimum Gasteiger partial charge on any atom is -0.353 e. The number of nitrogens with two attached hydrogens (primary N) is 1. The van der Waals surface area contributed by atoms with Crippen LogP contribution in [-0.2, 0) is 4.79 Å². The van der Waals surface area contributed by atoms with E-state index in [4.69, 9.17) is 5.73 Å². The zero-order valence-electron chi connectivity index (χ0n) is 9.25. The van der Waals surface area contributed by atoms with Crippen LogP contribution in [0, 0.1) is 11.8 Å². The average molecular weight is 198 g/mol. The molecular formula is C11H22N2O. The van der Waals surface area contributed by atoms with Gasteiger partial charge in [0.1, 0.15) is 0 Å². The fourth-order valence-electron chi connectivity index (χ4n) is 1.95. The molecule has 0 spiro atoms. The summed E-state index contributed by atoms with van der Waals surface area (Å²) >= 11 is 0. The molecular weight excluding hydrogens is 176 g/mol. The van der Waals surface area contributed by atoms with Crippen LogP contribution >= 0.6 is 0 Å². The number of amides is 1. The minimum atomic E-state index is 0.164. The number of carbonyl (C=O) groups excluding carboxylic acids is 1. The van der Waals surface area contributed by atoms with E-state index in [1.54, 1.807) is 0 Å². The number of nitrogens with one attached hydrogen (secondary N) is 1. The molecule has 0 heterocycles. The van der Waals surface area contributed by atoms with Gasteiger partial charge < -0.3 is 11.1 Å². The number of rotatable bonds is 5. The lowest BCUT2D eigenvalue weighted by Gasteiger charge is -2.35. The maximum absolute atomic E-state index is 11.6. The van der Waals surface area contributed by atoms with Gasteiger partial charge in [-0.25, -0.2) is 0 Å². The van der Waals surface area contributed by atoms with Crippen LogP contribution in [0.4, 0.5) is 0 Å². The number of hydrogen-bond acceptors (Lipinski definition) is 2. The highest BCUT2D eigenvalue weighted by atomic mass is 16.1. The van der Waals surface area contributed by atoms with Crippen LogP contribution in [0.1, 0.15) is 39.5 Å². The van der Waals surface area contributed by atoms with Crippen molar-refractivity contribution >= 4 is 5.91 Å². The molecule has 1 saturated carbocycles. The Kier molecular flexibility index (Phi) is 4.39. The van der Waals surface area contributed by atoms with Crippen LogP contribution in [0.3, 0.4) is 0 Å². The van der Waals surface area contributed by atoms with Crippen LogP contribution in [0.2, 0.25) is 0 Å². The summed E-state index contributed by atoms with van der Waals surface area (Å²) in [6.45, 7) is 4.87. The Hall–Kier alpha value is -0.570. The SMILES string of the molecule is CCCC(C)C(=O)NC1CC(CN)C1. The van der Waals surface area contributed by atoms with Crippen molar-refractivity contribution in [3.63, 3.8) is 0 Å². The van der Waals surface area contributed by atoms with Gasteiger partial charge in [0.05, 0.1) is 0 Å². The molecule has 0 aromatic rings. The first-order chi connectivity index (χ1) is 6.67. The molecule has 1 fully saturated rings. The second-order valence-corrected chi connectivity index (χ2v) is 4.47. The van der Waals surface area contributed by atoms with Gasteiger partial charge in [-0.1, -0.05) is 20.3 Å². The molecule has 14 heavy (non-hydrogen) atoms. The summed E-state index contributed by atoms with van der Waals surface area (Å²) in [5.74, 6) is 1.02. The van der Waals surface area contributed by atoms with E-state index < -0.39 is 0 Å². The van der Waals surface area contributed by atoms with Gasteiger partial charge in [-0.15, -0.1) is 0 Å². The molecule has 0 radical (unpaired) electrons. The highest BCUT2D eigenvalue weighted by Crippen LogP contribution is 2.26. The van der Waals surface area contributed by atoms with Crippen molar-refractivity contribution in [2.24, 2.45) is 17.6 Å². The maximum Gasteiger partial charge on any atom is 0.223 e. The van der Waals surface area contributed by atoms with Crippen molar-refractivity contribution in [3.05, 3.63) is 0 Å². The van der Waals surface area contributed by atoms with Gasteiger partial charge in [0.25, 0.3) is 0 Å². The Morgan fingerprint density at radius 1 is 1.57 bits per heavy atom. The highest BCUT2D eigenvalue weighted by Gasteiger charge is 2.29. The Labute approximate surface area is 86.4 Å². The fraction of sp³-hybridized carbons (Fsp3) is 0.909. The Bertz CT molecular complexity index is 188. The second kappa shape index (κ2) is 5.35. The normalized spacial score (nSPS) is 27.9. The van der Waals surface area contributed by atoms with Crippen molar-refractivity contribution in [2.45, 2.75) is 45.6 Å². The van der Waals surface area contributed by atoms with Gasteiger partial charge in [0.15, 0.2) is 0 Å².